The molecule has 17 heavy (non-hydrogen) atoms. The van der Waals surface area contributed by atoms with E-state index >= 15 is 0 Å². The second-order valence-corrected chi connectivity index (χ2v) is 5.33. The zero-order valence-electron chi connectivity index (χ0n) is 11.3. The molecule has 0 amide bonds. The lowest BCUT2D eigenvalue weighted by atomic mass is 10.0. The number of aliphatic hydroxyl groups is 1. The normalized spacial score (nSPS) is 14.5. The SMILES string of the molecule is Cc1cc(C)cc(N(C)CCC(C)(N)CO)c1. The molecule has 0 spiro atoms. The molecule has 1 atom stereocenters. The maximum absolute atomic E-state index is 9.12. The maximum atomic E-state index is 9.12. The van der Waals surface area contributed by atoms with Gasteiger partial charge in [-0.3, -0.25) is 0 Å². The molecule has 1 aromatic rings. The molecular weight excluding hydrogens is 212 g/mol. The van der Waals surface area contributed by atoms with E-state index in [2.05, 4.69) is 44.0 Å². The molecular formula is C14H24N2O. The zero-order chi connectivity index (χ0) is 13.1. The zero-order valence-corrected chi connectivity index (χ0v) is 11.3. The summed E-state index contributed by atoms with van der Waals surface area (Å²) >= 11 is 0. The summed E-state index contributed by atoms with van der Waals surface area (Å²) in [6.07, 6.45) is 0.771. The lowest BCUT2D eigenvalue weighted by Gasteiger charge is -2.27. The van der Waals surface area contributed by atoms with Crippen molar-refractivity contribution in [2.24, 2.45) is 5.73 Å². The number of anilines is 1. The van der Waals surface area contributed by atoms with E-state index in [0.29, 0.717) is 0 Å². The van der Waals surface area contributed by atoms with Crippen molar-refractivity contribution in [3.63, 3.8) is 0 Å². The van der Waals surface area contributed by atoms with Crippen molar-refractivity contribution in [2.45, 2.75) is 32.7 Å². The van der Waals surface area contributed by atoms with Crippen LogP contribution in [-0.4, -0.2) is 30.8 Å². The molecule has 0 saturated heterocycles. The monoisotopic (exact) mass is 236 g/mol. The number of benzene rings is 1. The highest BCUT2D eigenvalue weighted by Crippen LogP contribution is 2.18. The first kappa shape index (κ1) is 14.0. The van der Waals surface area contributed by atoms with Crippen LogP contribution >= 0.6 is 0 Å². The van der Waals surface area contributed by atoms with E-state index in [1.807, 2.05) is 6.92 Å². The van der Waals surface area contributed by atoms with Crippen molar-refractivity contribution >= 4 is 5.69 Å². The highest BCUT2D eigenvalue weighted by molar-refractivity contribution is 5.50. The van der Waals surface area contributed by atoms with E-state index in [-0.39, 0.29) is 6.61 Å². The minimum absolute atomic E-state index is 0.0215. The van der Waals surface area contributed by atoms with E-state index < -0.39 is 5.54 Å². The molecule has 1 unspecified atom stereocenters. The smallest absolute Gasteiger partial charge is 0.0609 e. The second kappa shape index (κ2) is 5.52. The van der Waals surface area contributed by atoms with Gasteiger partial charge in [0.15, 0.2) is 0 Å². The van der Waals surface area contributed by atoms with Crippen molar-refractivity contribution in [1.29, 1.82) is 0 Å². The summed E-state index contributed by atoms with van der Waals surface area (Å²) in [6.45, 7) is 6.95. The van der Waals surface area contributed by atoms with Crippen LogP contribution in [0.5, 0.6) is 0 Å². The molecule has 0 heterocycles. The largest absolute Gasteiger partial charge is 0.394 e. The Bertz CT molecular complexity index is 354. The Balaban J connectivity index is 2.67. The number of nitrogens with zero attached hydrogens (tertiary/aromatic N) is 1. The molecule has 3 heteroatoms. The van der Waals surface area contributed by atoms with Crippen LogP contribution < -0.4 is 10.6 Å². The van der Waals surface area contributed by atoms with Crippen molar-refractivity contribution in [3.05, 3.63) is 29.3 Å². The van der Waals surface area contributed by atoms with Crippen LogP contribution in [0.2, 0.25) is 0 Å². The first-order chi connectivity index (χ1) is 7.84. The lowest BCUT2D eigenvalue weighted by Crippen LogP contribution is -2.43. The van der Waals surface area contributed by atoms with Gasteiger partial charge in [0, 0.05) is 24.8 Å². The Morgan fingerprint density at radius 1 is 1.24 bits per heavy atom. The van der Waals surface area contributed by atoms with Gasteiger partial charge in [0.25, 0.3) is 0 Å². The van der Waals surface area contributed by atoms with Gasteiger partial charge < -0.3 is 15.7 Å². The van der Waals surface area contributed by atoms with E-state index in [4.69, 9.17) is 10.8 Å². The second-order valence-electron chi connectivity index (χ2n) is 5.33. The molecule has 0 fully saturated rings. The highest BCUT2D eigenvalue weighted by Gasteiger charge is 2.17. The molecule has 1 aromatic carbocycles. The van der Waals surface area contributed by atoms with Crippen LogP contribution in [-0.2, 0) is 0 Å². The fourth-order valence-corrected chi connectivity index (χ4v) is 1.80. The molecule has 3 N–H and O–H groups in total. The van der Waals surface area contributed by atoms with E-state index in [9.17, 15) is 0 Å². The maximum Gasteiger partial charge on any atom is 0.0609 e. The molecule has 0 aliphatic heterocycles. The fraction of sp³-hybridized carbons (Fsp3) is 0.571. The average Bonchev–Trinajstić information content (AvgIpc) is 2.24. The summed E-state index contributed by atoms with van der Waals surface area (Å²) in [5.41, 5.74) is 9.17. The van der Waals surface area contributed by atoms with Gasteiger partial charge in [-0.25, -0.2) is 0 Å². The van der Waals surface area contributed by atoms with Gasteiger partial charge in [0.1, 0.15) is 0 Å². The van der Waals surface area contributed by atoms with Crippen molar-refractivity contribution in [2.75, 3.05) is 25.1 Å². The molecule has 3 nitrogen and oxygen atoms in total. The minimum Gasteiger partial charge on any atom is -0.394 e. The molecule has 96 valence electrons. The third-order valence-electron chi connectivity index (χ3n) is 3.03. The Morgan fingerprint density at radius 3 is 2.24 bits per heavy atom. The third-order valence-corrected chi connectivity index (χ3v) is 3.03. The Labute approximate surface area is 104 Å². The molecule has 0 aliphatic carbocycles. The van der Waals surface area contributed by atoms with Gasteiger partial charge in [-0.05, 0) is 50.5 Å². The molecule has 1 rings (SSSR count). The summed E-state index contributed by atoms with van der Waals surface area (Å²) in [5.74, 6) is 0. The van der Waals surface area contributed by atoms with Gasteiger partial charge >= 0.3 is 0 Å². The van der Waals surface area contributed by atoms with Crippen LogP contribution in [0, 0.1) is 13.8 Å². The molecule has 0 bridgehead atoms. The predicted molar refractivity (Wildman–Crippen MR) is 73.5 cm³/mol. The predicted octanol–water partition coefficient (Wildman–Crippen LogP) is 1.84. The highest BCUT2D eigenvalue weighted by atomic mass is 16.3. The van der Waals surface area contributed by atoms with E-state index in [1.54, 1.807) is 0 Å². The number of hydrogen-bond donors (Lipinski definition) is 2. The number of aliphatic hydroxyl groups excluding tert-OH is 1. The Hall–Kier alpha value is -1.06. The van der Waals surface area contributed by atoms with Crippen molar-refractivity contribution < 1.29 is 5.11 Å². The van der Waals surface area contributed by atoms with E-state index in [1.165, 1.54) is 16.8 Å². The van der Waals surface area contributed by atoms with E-state index in [0.717, 1.165) is 13.0 Å². The van der Waals surface area contributed by atoms with Crippen molar-refractivity contribution in [3.8, 4) is 0 Å². The average molecular weight is 236 g/mol. The quantitative estimate of drug-likeness (QED) is 0.820. The topological polar surface area (TPSA) is 49.5 Å². The number of nitrogens with two attached hydrogens (primary N) is 1. The van der Waals surface area contributed by atoms with Crippen LogP contribution in [0.3, 0.4) is 0 Å². The number of rotatable bonds is 5. The van der Waals surface area contributed by atoms with Gasteiger partial charge in [0.2, 0.25) is 0 Å². The Kier molecular flexibility index (Phi) is 4.54. The number of aryl methyl sites for hydroxylation is 2. The first-order valence-electron chi connectivity index (χ1n) is 6.03. The standard InChI is InChI=1S/C14H24N2O/c1-11-7-12(2)9-13(8-11)16(4)6-5-14(3,15)10-17/h7-9,17H,5-6,10,15H2,1-4H3. The minimum atomic E-state index is -0.493. The van der Waals surface area contributed by atoms with Crippen LogP contribution in [0.1, 0.15) is 24.5 Å². The van der Waals surface area contributed by atoms with Crippen LogP contribution in [0.4, 0.5) is 5.69 Å². The summed E-state index contributed by atoms with van der Waals surface area (Å²) in [6, 6.07) is 6.50. The van der Waals surface area contributed by atoms with Gasteiger partial charge in [-0.2, -0.15) is 0 Å². The fourth-order valence-electron chi connectivity index (χ4n) is 1.80. The van der Waals surface area contributed by atoms with Gasteiger partial charge in [-0.15, -0.1) is 0 Å². The van der Waals surface area contributed by atoms with Crippen LogP contribution in [0.25, 0.3) is 0 Å². The molecule has 0 aliphatic rings. The molecule has 0 saturated carbocycles. The lowest BCUT2D eigenvalue weighted by molar-refractivity contribution is 0.202. The third kappa shape index (κ3) is 4.36. The van der Waals surface area contributed by atoms with Crippen molar-refractivity contribution in [1.82, 2.24) is 0 Å². The Morgan fingerprint density at radius 2 is 1.76 bits per heavy atom. The van der Waals surface area contributed by atoms with Crippen LogP contribution in [0.15, 0.2) is 18.2 Å². The summed E-state index contributed by atoms with van der Waals surface area (Å²) < 4.78 is 0. The summed E-state index contributed by atoms with van der Waals surface area (Å²) in [7, 11) is 2.06. The summed E-state index contributed by atoms with van der Waals surface area (Å²) in [5, 5.41) is 9.12. The number of hydrogen-bond acceptors (Lipinski definition) is 3. The molecule has 0 aromatic heterocycles. The van der Waals surface area contributed by atoms with Gasteiger partial charge in [-0.1, -0.05) is 6.07 Å². The molecule has 0 radical (unpaired) electrons. The summed E-state index contributed by atoms with van der Waals surface area (Å²) in [4.78, 5) is 2.18. The first-order valence-corrected chi connectivity index (χ1v) is 6.03. The van der Waals surface area contributed by atoms with Gasteiger partial charge in [0.05, 0.1) is 6.61 Å².